The Hall–Kier alpha value is -0.310. The first-order chi connectivity index (χ1) is 21.9. The van der Waals surface area contributed by atoms with Crippen LogP contribution in [0.1, 0.15) is 151 Å². The number of fused-ring (bicyclic) bond motifs is 1. The van der Waals surface area contributed by atoms with Gasteiger partial charge in [-0.25, -0.2) is 0 Å². The van der Waals surface area contributed by atoms with Crippen molar-refractivity contribution in [3.8, 4) is 19.5 Å². The molecule has 0 saturated heterocycles. The van der Waals surface area contributed by atoms with Gasteiger partial charge in [0.1, 0.15) is 0 Å². The topological polar surface area (TPSA) is 17.1 Å². The van der Waals surface area contributed by atoms with E-state index in [2.05, 4.69) is 77.8 Å². The number of unbranched alkanes of at least 4 members (excludes halogenated alkanes) is 11. The minimum absolute atomic E-state index is 0.126. The molecule has 0 aliphatic rings. The van der Waals surface area contributed by atoms with Crippen molar-refractivity contribution in [3.05, 3.63) is 41.8 Å². The largest absolute Gasteiger partial charge is 0.293 e. The van der Waals surface area contributed by atoms with Crippen molar-refractivity contribution < 1.29 is 4.79 Å². The van der Waals surface area contributed by atoms with Gasteiger partial charge in [-0.15, -0.1) is 45.3 Å². The normalized spacial score (nSPS) is 12.5. The van der Waals surface area contributed by atoms with Gasteiger partial charge in [0.25, 0.3) is 0 Å². The van der Waals surface area contributed by atoms with Crippen LogP contribution >= 0.6 is 77.2 Å². The molecule has 0 amide bonds. The van der Waals surface area contributed by atoms with Gasteiger partial charge in [-0.2, -0.15) is 0 Å². The lowest BCUT2D eigenvalue weighted by molar-refractivity contribution is 0.0912. The van der Waals surface area contributed by atoms with Gasteiger partial charge in [0, 0.05) is 16.2 Å². The van der Waals surface area contributed by atoms with Crippen LogP contribution in [-0.4, -0.2) is 5.78 Å². The number of Topliss-reactive ketones (excluding diaryl/α,β-unsaturated/α-hetero) is 1. The quantitative estimate of drug-likeness (QED) is 0.0571. The molecular formula is C38H52Br2OS4. The third-order valence-corrected chi connectivity index (χ3v) is 15.2. The molecular weight excluding hydrogens is 760 g/mol. The number of halogens is 2. The molecule has 0 bridgehead atoms. The summed E-state index contributed by atoms with van der Waals surface area (Å²) in [7, 11) is 0. The number of carbonyl (C=O) groups is 1. The van der Waals surface area contributed by atoms with Gasteiger partial charge in [0.05, 0.1) is 31.8 Å². The molecule has 45 heavy (non-hydrogen) atoms. The number of thiophene rings is 4. The molecule has 4 aromatic heterocycles. The van der Waals surface area contributed by atoms with Crippen molar-refractivity contribution in [1.29, 1.82) is 0 Å². The smallest absolute Gasteiger partial charge is 0.175 e. The highest BCUT2D eigenvalue weighted by molar-refractivity contribution is 9.11. The maximum absolute atomic E-state index is 13.9. The fourth-order valence-electron chi connectivity index (χ4n) is 6.28. The van der Waals surface area contributed by atoms with Gasteiger partial charge in [-0.05, 0) is 99.7 Å². The average Bonchev–Trinajstić information content (AvgIpc) is 3.79. The minimum Gasteiger partial charge on any atom is -0.293 e. The lowest BCUT2D eigenvalue weighted by atomic mass is 9.94. The molecule has 1 nitrogen and oxygen atoms in total. The Balaban J connectivity index is 1.71. The van der Waals surface area contributed by atoms with Crippen LogP contribution in [0.15, 0.2) is 25.8 Å². The highest BCUT2D eigenvalue weighted by Crippen LogP contribution is 2.53. The maximum Gasteiger partial charge on any atom is 0.175 e. The second-order valence-corrected chi connectivity index (χ2v) is 19.5. The fourth-order valence-corrected chi connectivity index (χ4v) is 12.7. The SMILES string of the molecule is CCCCCCCCc1cc(Br)sc1-c1sc(-c2sc(Br)cc2CCCCCCCC)c2sc(C(=O)C(CC)CCCC)cc12. The van der Waals surface area contributed by atoms with Crippen LogP contribution < -0.4 is 0 Å². The zero-order chi connectivity index (χ0) is 32.2. The Morgan fingerprint density at radius 1 is 0.600 bits per heavy atom. The lowest BCUT2D eigenvalue weighted by Crippen LogP contribution is -2.12. The molecule has 4 aromatic rings. The van der Waals surface area contributed by atoms with Gasteiger partial charge in [-0.3, -0.25) is 4.79 Å². The summed E-state index contributed by atoms with van der Waals surface area (Å²) in [6.45, 7) is 8.98. The summed E-state index contributed by atoms with van der Waals surface area (Å²) in [4.78, 5) is 20.4. The van der Waals surface area contributed by atoms with E-state index in [9.17, 15) is 4.79 Å². The van der Waals surface area contributed by atoms with E-state index in [4.69, 9.17) is 0 Å². The van der Waals surface area contributed by atoms with E-state index in [0.717, 1.165) is 43.4 Å². The van der Waals surface area contributed by atoms with E-state index < -0.39 is 0 Å². The molecule has 248 valence electrons. The molecule has 0 aliphatic carbocycles. The van der Waals surface area contributed by atoms with Gasteiger partial charge in [0.15, 0.2) is 5.78 Å². The molecule has 0 N–H and O–H groups in total. The highest BCUT2D eigenvalue weighted by atomic mass is 79.9. The summed E-state index contributed by atoms with van der Waals surface area (Å²) < 4.78 is 3.74. The summed E-state index contributed by atoms with van der Waals surface area (Å²) >= 11 is 15.2. The summed E-state index contributed by atoms with van der Waals surface area (Å²) in [6, 6.07) is 6.99. The van der Waals surface area contributed by atoms with Crippen molar-refractivity contribution >= 4 is 93.1 Å². The molecule has 0 radical (unpaired) electrons. The Bertz CT molecular complexity index is 1380. The molecule has 0 aliphatic heterocycles. The number of ketones is 1. The molecule has 0 aromatic carbocycles. The third-order valence-electron chi connectivity index (χ3n) is 8.97. The fraction of sp³-hybridized carbons (Fsp3) is 0.605. The Morgan fingerprint density at radius 2 is 1.11 bits per heavy atom. The van der Waals surface area contributed by atoms with Crippen molar-refractivity contribution in [2.24, 2.45) is 5.92 Å². The highest BCUT2D eigenvalue weighted by Gasteiger charge is 2.27. The van der Waals surface area contributed by atoms with E-state index in [1.165, 1.54) is 125 Å². The number of rotatable bonds is 22. The summed E-state index contributed by atoms with van der Waals surface area (Å²) in [6.07, 6.45) is 22.2. The zero-order valence-electron chi connectivity index (χ0n) is 27.8. The second-order valence-electron chi connectivity index (χ2n) is 12.6. The van der Waals surface area contributed by atoms with Crippen LogP contribution in [-0.2, 0) is 12.8 Å². The van der Waals surface area contributed by atoms with E-state index >= 15 is 0 Å². The van der Waals surface area contributed by atoms with E-state index in [0.29, 0.717) is 5.78 Å². The van der Waals surface area contributed by atoms with E-state index in [1.54, 1.807) is 11.3 Å². The van der Waals surface area contributed by atoms with Gasteiger partial charge < -0.3 is 0 Å². The van der Waals surface area contributed by atoms with Crippen molar-refractivity contribution in [2.45, 2.75) is 143 Å². The second kappa shape index (κ2) is 19.6. The molecule has 4 heterocycles. The Morgan fingerprint density at radius 3 is 1.64 bits per heavy atom. The molecule has 1 unspecified atom stereocenters. The predicted molar refractivity (Wildman–Crippen MR) is 214 cm³/mol. The first-order valence-corrected chi connectivity index (χ1v) is 22.4. The average molecular weight is 813 g/mol. The van der Waals surface area contributed by atoms with Crippen LogP contribution in [0.5, 0.6) is 0 Å². The van der Waals surface area contributed by atoms with Crippen molar-refractivity contribution in [3.63, 3.8) is 0 Å². The van der Waals surface area contributed by atoms with Crippen molar-refractivity contribution in [2.75, 3.05) is 0 Å². The van der Waals surface area contributed by atoms with Crippen LogP contribution in [0.25, 0.3) is 29.6 Å². The van der Waals surface area contributed by atoms with Gasteiger partial charge >= 0.3 is 0 Å². The molecule has 0 spiro atoms. The first kappa shape index (κ1) is 37.5. The monoisotopic (exact) mass is 810 g/mol. The van der Waals surface area contributed by atoms with Gasteiger partial charge in [-0.1, -0.05) is 105 Å². The molecule has 4 rings (SSSR count). The van der Waals surface area contributed by atoms with E-state index in [1.807, 2.05) is 34.0 Å². The van der Waals surface area contributed by atoms with Crippen LogP contribution in [0.4, 0.5) is 0 Å². The Labute approximate surface area is 305 Å². The van der Waals surface area contributed by atoms with Crippen LogP contribution in [0, 0.1) is 5.92 Å². The standard InChI is InChI=1S/C38H52Br2OS4/c1-5-9-12-14-16-18-21-27-23-31(39)43-34(27)36-29-25-30(33(41)26(8-4)20-11-7-3)42-37(29)38(45-36)35-28(24-32(40)44-35)22-19-17-15-13-10-6-2/h23-26H,5-22H2,1-4H3. The lowest BCUT2D eigenvalue weighted by Gasteiger charge is -2.11. The van der Waals surface area contributed by atoms with Crippen molar-refractivity contribution in [1.82, 2.24) is 0 Å². The Kier molecular flexibility index (Phi) is 16.4. The number of hydrogen-bond donors (Lipinski definition) is 0. The number of hydrogen-bond acceptors (Lipinski definition) is 5. The van der Waals surface area contributed by atoms with Crippen LogP contribution in [0.3, 0.4) is 0 Å². The van der Waals surface area contributed by atoms with Gasteiger partial charge in [0.2, 0.25) is 0 Å². The molecule has 1 atom stereocenters. The molecule has 0 saturated carbocycles. The summed E-state index contributed by atoms with van der Waals surface area (Å²) in [5.74, 6) is 0.481. The van der Waals surface area contributed by atoms with E-state index in [-0.39, 0.29) is 5.92 Å². The molecule has 0 fully saturated rings. The first-order valence-electron chi connectivity index (χ1n) is 17.6. The minimum atomic E-state index is 0.126. The molecule has 7 heteroatoms. The third kappa shape index (κ3) is 10.3. The summed E-state index contributed by atoms with van der Waals surface area (Å²) in [5, 5.41) is 1.29. The predicted octanol–water partition coefficient (Wildman–Crippen LogP) is 16.1. The number of aryl methyl sites for hydroxylation is 2. The maximum atomic E-state index is 13.9. The number of carbonyl (C=O) groups excluding carboxylic acids is 1. The zero-order valence-corrected chi connectivity index (χ0v) is 34.3. The summed E-state index contributed by atoms with van der Waals surface area (Å²) in [5.41, 5.74) is 2.93. The van der Waals surface area contributed by atoms with Crippen LogP contribution in [0.2, 0.25) is 0 Å².